The maximum Gasteiger partial charge on any atom is 0.328 e. The fourth-order valence-electron chi connectivity index (χ4n) is 1.24. The maximum atomic E-state index is 10.9. The molecule has 14 heavy (non-hydrogen) atoms. The van der Waals surface area contributed by atoms with E-state index in [2.05, 4.69) is 20.1 Å². The second kappa shape index (κ2) is 9.45. The highest BCUT2D eigenvalue weighted by atomic mass is 31.2. The van der Waals surface area contributed by atoms with Gasteiger partial charge in [0.05, 0.1) is 5.66 Å². The molecule has 0 aliphatic rings. The van der Waals surface area contributed by atoms with E-state index in [1.54, 1.807) is 0 Å². The molecule has 0 aromatic rings. The molecular weight excluding hydrogens is 199 g/mol. The Balaban J connectivity index is 0. The van der Waals surface area contributed by atoms with Crippen LogP contribution in [0.15, 0.2) is 13.2 Å². The Morgan fingerprint density at radius 2 is 1.71 bits per heavy atom. The third-order valence-electron chi connectivity index (χ3n) is 2.09. The summed E-state index contributed by atoms with van der Waals surface area (Å²) in [4.78, 5) is 17.8. The molecule has 4 heteroatoms. The van der Waals surface area contributed by atoms with Crippen LogP contribution in [0.25, 0.3) is 0 Å². The molecule has 0 saturated heterocycles. The monoisotopic (exact) mass is 222 g/mol. The van der Waals surface area contributed by atoms with Gasteiger partial charge in [0.1, 0.15) is 0 Å². The van der Waals surface area contributed by atoms with Gasteiger partial charge in [0.25, 0.3) is 0 Å². The lowest BCUT2D eigenvalue weighted by Crippen LogP contribution is -2.06. The first-order valence-corrected chi connectivity index (χ1v) is 6.75. The van der Waals surface area contributed by atoms with Crippen molar-refractivity contribution in [2.75, 3.05) is 0 Å². The van der Waals surface area contributed by atoms with E-state index in [1.165, 1.54) is 0 Å². The van der Waals surface area contributed by atoms with Gasteiger partial charge < -0.3 is 9.79 Å². The van der Waals surface area contributed by atoms with Crippen LogP contribution in [0.1, 0.15) is 46.0 Å². The van der Waals surface area contributed by atoms with Gasteiger partial charge in [-0.3, -0.25) is 4.57 Å². The number of hydrogen-bond donors (Lipinski definition) is 2. The van der Waals surface area contributed by atoms with Gasteiger partial charge in [0.2, 0.25) is 0 Å². The molecule has 3 nitrogen and oxygen atoms in total. The number of rotatable bonds is 6. The van der Waals surface area contributed by atoms with E-state index >= 15 is 0 Å². The van der Waals surface area contributed by atoms with Crippen molar-refractivity contribution in [3.05, 3.63) is 13.2 Å². The van der Waals surface area contributed by atoms with Gasteiger partial charge >= 0.3 is 7.60 Å². The maximum absolute atomic E-state index is 10.9. The predicted octanol–water partition coefficient (Wildman–Crippen LogP) is 3.33. The normalized spacial score (nSPS) is 12.9. The molecule has 0 fully saturated rings. The minimum Gasteiger partial charge on any atom is -0.324 e. The molecule has 0 aliphatic heterocycles. The average molecular weight is 222 g/mol. The van der Waals surface area contributed by atoms with E-state index in [0.29, 0.717) is 12.8 Å². The summed E-state index contributed by atoms with van der Waals surface area (Å²) in [6.07, 6.45) is 4.33. The molecule has 0 aromatic carbocycles. The molecule has 0 amide bonds. The first-order chi connectivity index (χ1) is 6.52. The highest BCUT2D eigenvalue weighted by molar-refractivity contribution is 7.52. The van der Waals surface area contributed by atoms with E-state index in [4.69, 9.17) is 9.79 Å². The van der Waals surface area contributed by atoms with E-state index in [-0.39, 0.29) is 0 Å². The molecule has 1 atom stereocenters. The zero-order valence-electron chi connectivity index (χ0n) is 9.28. The van der Waals surface area contributed by atoms with E-state index in [9.17, 15) is 4.57 Å². The molecule has 0 radical (unpaired) electrons. The summed E-state index contributed by atoms with van der Waals surface area (Å²) >= 11 is 0. The molecule has 0 aliphatic carbocycles. The molecule has 86 valence electrons. The van der Waals surface area contributed by atoms with Gasteiger partial charge in [-0.1, -0.05) is 33.1 Å². The Hall–Kier alpha value is -0.110. The molecule has 0 bridgehead atoms. The van der Waals surface area contributed by atoms with Crippen molar-refractivity contribution in [2.45, 2.75) is 51.6 Å². The number of unbranched alkanes of at least 4 members (excludes halogenated alkanes) is 2. The van der Waals surface area contributed by atoms with Crippen molar-refractivity contribution in [1.82, 2.24) is 0 Å². The Bertz CT molecular complexity index is 165. The Morgan fingerprint density at radius 1 is 1.21 bits per heavy atom. The summed E-state index contributed by atoms with van der Waals surface area (Å²) in [5.74, 6) is 0. The lowest BCUT2D eigenvalue weighted by atomic mass is 10.1. The van der Waals surface area contributed by atoms with E-state index < -0.39 is 13.3 Å². The van der Waals surface area contributed by atoms with Crippen molar-refractivity contribution < 1.29 is 14.4 Å². The zero-order chi connectivity index (χ0) is 11.6. The van der Waals surface area contributed by atoms with Gasteiger partial charge in [-0.15, -0.1) is 13.2 Å². The average Bonchev–Trinajstić information content (AvgIpc) is 2.14. The molecule has 2 N–H and O–H groups in total. The van der Waals surface area contributed by atoms with Crippen LogP contribution in [-0.2, 0) is 4.57 Å². The highest BCUT2D eigenvalue weighted by Crippen LogP contribution is 2.45. The smallest absolute Gasteiger partial charge is 0.324 e. The minimum atomic E-state index is -3.82. The van der Waals surface area contributed by atoms with Gasteiger partial charge in [-0.05, 0) is 12.8 Å². The van der Waals surface area contributed by atoms with Crippen molar-refractivity contribution >= 4 is 7.60 Å². The summed E-state index contributed by atoms with van der Waals surface area (Å²) in [5.41, 5.74) is -0.413. The largest absolute Gasteiger partial charge is 0.328 e. The topological polar surface area (TPSA) is 57.5 Å². The lowest BCUT2D eigenvalue weighted by Gasteiger charge is -2.15. The first kappa shape index (κ1) is 16.3. The fraction of sp³-hybridized carbons (Fsp3) is 0.800. The molecule has 0 saturated carbocycles. The standard InChI is InChI=1S/C8H19O3P.C2H4/c1-3-5-6-7-8(4-2)12(9,10)11;1-2/h8H,3-7H2,1-2H3,(H2,9,10,11);1-2H2. The molecule has 1 unspecified atom stereocenters. The van der Waals surface area contributed by atoms with Gasteiger partial charge in [0, 0.05) is 0 Å². The summed E-state index contributed by atoms with van der Waals surface area (Å²) < 4.78 is 10.9. The van der Waals surface area contributed by atoms with Gasteiger partial charge in [-0.2, -0.15) is 0 Å². The Labute approximate surface area is 87.4 Å². The van der Waals surface area contributed by atoms with Crippen LogP contribution < -0.4 is 0 Å². The van der Waals surface area contributed by atoms with Crippen molar-refractivity contribution in [3.63, 3.8) is 0 Å². The molecular formula is C10H23O3P. The molecule has 0 spiro atoms. The summed E-state index contributed by atoms with van der Waals surface area (Å²) in [5, 5.41) is 0. The second-order valence-electron chi connectivity index (χ2n) is 3.15. The lowest BCUT2D eigenvalue weighted by molar-refractivity contribution is 0.350. The second-order valence-corrected chi connectivity index (χ2v) is 5.06. The molecule has 0 rings (SSSR count). The van der Waals surface area contributed by atoms with E-state index in [0.717, 1.165) is 19.3 Å². The first-order valence-electron chi connectivity index (χ1n) is 5.07. The quantitative estimate of drug-likeness (QED) is 0.411. The minimum absolute atomic E-state index is 0.413. The summed E-state index contributed by atoms with van der Waals surface area (Å²) in [6.45, 7) is 9.91. The van der Waals surface area contributed by atoms with Gasteiger partial charge in [0.15, 0.2) is 0 Å². The third kappa shape index (κ3) is 8.49. The van der Waals surface area contributed by atoms with Crippen molar-refractivity contribution in [2.24, 2.45) is 0 Å². The summed E-state index contributed by atoms with van der Waals surface area (Å²) in [6, 6.07) is 0. The molecule has 0 heterocycles. The van der Waals surface area contributed by atoms with Crippen molar-refractivity contribution in [3.8, 4) is 0 Å². The SMILES string of the molecule is C=C.CCCCCC(CC)P(=O)(O)O. The fourth-order valence-corrected chi connectivity index (χ4v) is 2.23. The number of hydrogen-bond acceptors (Lipinski definition) is 1. The van der Waals surface area contributed by atoms with Crippen LogP contribution in [0, 0.1) is 0 Å². The molecule has 0 aromatic heterocycles. The van der Waals surface area contributed by atoms with Crippen LogP contribution in [0.5, 0.6) is 0 Å². The van der Waals surface area contributed by atoms with Crippen LogP contribution in [0.4, 0.5) is 0 Å². The van der Waals surface area contributed by atoms with Crippen LogP contribution in [-0.4, -0.2) is 15.4 Å². The van der Waals surface area contributed by atoms with Crippen LogP contribution in [0.3, 0.4) is 0 Å². The van der Waals surface area contributed by atoms with Gasteiger partial charge in [-0.25, -0.2) is 0 Å². The summed E-state index contributed by atoms with van der Waals surface area (Å²) in [7, 11) is -3.82. The highest BCUT2D eigenvalue weighted by Gasteiger charge is 2.25. The zero-order valence-corrected chi connectivity index (χ0v) is 10.2. The predicted molar refractivity (Wildman–Crippen MR) is 61.5 cm³/mol. The Morgan fingerprint density at radius 3 is 2.00 bits per heavy atom. The van der Waals surface area contributed by atoms with Crippen LogP contribution >= 0.6 is 7.60 Å². The third-order valence-corrected chi connectivity index (χ3v) is 3.66. The Kier molecular flexibility index (Phi) is 11.0. The van der Waals surface area contributed by atoms with Crippen LogP contribution in [0.2, 0.25) is 0 Å². The van der Waals surface area contributed by atoms with Crippen molar-refractivity contribution in [1.29, 1.82) is 0 Å². The van der Waals surface area contributed by atoms with E-state index in [1.807, 2.05) is 6.92 Å².